The smallest absolute Gasteiger partial charge is 0.181 e. The minimum Gasteiger partial charge on any atom is -0.492 e. The third-order valence-corrected chi connectivity index (χ3v) is 8.66. The zero-order chi connectivity index (χ0) is 21.6. The van der Waals surface area contributed by atoms with Gasteiger partial charge in [-0.15, -0.1) is 34.0 Å². The van der Waals surface area contributed by atoms with Crippen molar-refractivity contribution in [2.45, 2.75) is 6.92 Å². The lowest BCUT2D eigenvalue weighted by Crippen LogP contribution is -2.37. The topological polar surface area (TPSA) is 81.4 Å². The molecule has 1 unspecified atom stereocenters. The van der Waals surface area contributed by atoms with Crippen LogP contribution in [0.5, 0.6) is 34.5 Å². The molecule has 2 aliphatic heterocycles. The van der Waals surface area contributed by atoms with Crippen molar-refractivity contribution in [3.8, 4) is 54.0 Å². The molecule has 3 aromatic rings. The fourth-order valence-corrected chi connectivity index (χ4v) is 6.84. The fourth-order valence-electron chi connectivity index (χ4n) is 3.46. The summed E-state index contributed by atoms with van der Waals surface area (Å²) in [7, 11) is 3.28. The fraction of sp³-hybridized carbons (Fsp3) is 0.429. The molecule has 3 aromatic heterocycles. The van der Waals surface area contributed by atoms with Crippen LogP contribution in [-0.4, -0.2) is 47.2 Å². The molecule has 166 valence electrons. The van der Waals surface area contributed by atoms with E-state index in [9.17, 15) is 0 Å². The first-order valence-electron chi connectivity index (χ1n) is 9.78. The summed E-state index contributed by atoms with van der Waals surface area (Å²) in [5.74, 6) is 4.33. The van der Waals surface area contributed by atoms with Gasteiger partial charge in [-0.05, 0) is 0 Å². The molecule has 0 aromatic carbocycles. The number of hydrogen-bond donors (Lipinski definition) is 1. The molecule has 5 rings (SSSR count). The number of hydrogen-bond acceptors (Lipinski definition) is 10. The summed E-state index contributed by atoms with van der Waals surface area (Å²) in [4.78, 5) is 3.81. The van der Waals surface area contributed by atoms with Crippen LogP contribution in [0.15, 0.2) is 10.8 Å². The number of nitrogens with two attached hydrogens (primary N) is 1. The molecule has 5 heterocycles. The highest BCUT2D eigenvalue weighted by Gasteiger charge is 2.36. The molecular weight excluding hydrogens is 458 g/mol. The Morgan fingerprint density at radius 2 is 1.55 bits per heavy atom. The molecule has 7 nitrogen and oxygen atoms in total. The molecule has 0 radical (unpaired) electrons. The molecule has 0 spiro atoms. The molecule has 2 aliphatic rings. The average Bonchev–Trinajstić information content (AvgIpc) is 3.47. The predicted octanol–water partition coefficient (Wildman–Crippen LogP) is 4.73. The van der Waals surface area contributed by atoms with Crippen LogP contribution in [0, 0.1) is 5.41 Å². The molecule has 1 atom stereocenters. The van der Waals surface area contributed by atoms with Crippen molar-refractivity contribution in [3.05, 3.63) is 10.8 Å². The predicted molar refractivity (Wildman–Crippen MR) is 123 cm³/mol. The Balaban J connectivity index is 1.69. The van der Waals surface area contributed by atoms with Gasteiger partial charge in [0.25, 0.3) is 0 Å². The van der Waals surface area contributed by atoms with Gasteiger partial charge in [0.1, 0.15) is 13.2 Å². The summed E-state index contributed by atoms with van der Waals surface area (Å²) >= 11 is 4.73. The van der Waals surface area contributed by atoms with E-state index in [0.29, 0.717) is 56.0 Å². The van der Waals surface area contributed by atoms with Gasteiger partial charge in [-0.2, -0.15) is 0 Å². The highest BCUT2D eigenvalue weighted by Crippen LogP contribution is 2.61. The number of fused-ring (bicyclic) bond motifs is 2. The van der Waals surface area contributed by atoms with Crippen molar-refractivity contribution in [1.29, 1.82) is 0 Å². The van der Waals surface area contributed by atoms with Gasteiger partial charge in [0.2, 0.25) is 0 Å². The Morgan fingerprint density at radius 1 is 0.871 bits per heavy atom. The molecule has 0 saturated carbocycles. The second-order valence-electron chi connectivity index (χ2n) is 7.63. The van der Waals surface area contributed by atoms with E-state index in [-0.39, 0.29) is 5.41 Å². The lowest BCUT2D eigenvalue weighted by atomic mass is 9.93. The van der Waals surface area contributed by atoms with Crippen molar-refractivity contribution in [3.63, 3.8) is 0 Å². The number of thiophene rings is 3. The van der Waals surface area contributed by atoms with Crippen LogP contribution in [0.1, 0.15) is 6.92 Å². The summed E-state index contributed by atoms with van der Waals surface area (Å²) in [5, 5.41) is 3.91. The Morgan fingerprint density at radius 3 is 2.23 bits per heavy atom. The van der Waals surface area contributed by atoms with Gasteiger partial charge in [-0.3, -0.25) is 0 Å². The first-order valence-corrected chi connectivity index (χ1v) is 12.4. The normalized spacial score (nSPS) is 19.7. The van der Waals surface area contributed by atoms with E-state index >= 15 is 0 Å². The molecule has 31 heavy (non-hydrogen) atoms. The second kappa shape index (κ2) is 8.09. The van der Waals surface area contributed by atoms with Crippen LogP contribution in [0.2, 0.25) is 0 Å². The number of rotatable bonds is 5. The Labute approximate surface area is 192 Å². The van der Waals surface area contributed by atoms with Gasteiger partial charge < -0.3 is 34.2 Å². The highest BCUT2D eigenvalue weighted by molar-refractivity contribution is 7.27. The van der Waals surface area contributed by atoms with Crippen molar-refractivity contribution in [1.82, 2.24) is 0 Å². The molecule has 0 saturated heterocycles. The van der Waals surface area contributed by atoms with Crippen LogP contribution in [0.4, 0.5) is 0 Å². The van der Waals surface area contributed by atoms with E-state index in [4.69, 9.17) is 34.2 Å². The van der Waals surface area contributed by atoms with Crippen LogP contribution in [0.25, 0.3) is 19.5 Å². The number of methoxy groups -OCH3 is 2. The van der Waals surface area contributed by atoms with Crippen molar-refractivity contribution < 1.29 is 28.4 Å². The van der Waals surface area contributed by atoms with Crippen LogP contribution < -0.4 is 34.2 Å². The molecule has 0 amide bonds. The molecule has 2 N–H and O–H groups in total. The quantitative estimate of drug-likeness (QED) is 0.564. The van der Waals surface area contributed by atoms with Crippen LogP contribution in [-0.2, 0) is 0 Å². The summed E-state index contributed by atoms with van der Waals surface area (Å²) in [5.41, 5.74) is 5.74. The molecule has 0 aliphatic carbocycles. The maximum Gasteiger partial charge on any atom is 0.181 e. The lowest BCUT2D eigenvalue weighted by molar-refractivity contribution is 0.130. The second-order valence-corrected chi connectivity index (χ2v) is 10.4. The van der Waals surface area contributed by atoms with Crippen molar-refractivity contribution in [2.24, 2.45) is 11.1 Å². The van der Waals surface area contributed by atoms with Gasteiger partial charge in [0.05, 0.1) is 46.9 Å². The minimum atomic E-state index is -0.281. The zero-order valence-corrected chi connectivity index (χ0v) is 19.9. The first-order chi connectivity index (χ1) is 15.1. The minimum absolute atomic E-state index is 0.281. The van der Waals surface area contributed by atoms with E-state index < -0.39 is 0 Å². The van der Waals surface area contributed by atoms with Crippen molar-refractivity contribution >= 4 is 34.0 Å². The third kappa shape index (κ3) is 3.42. The zero-order valence-electron chi connectivity index (χ0n) is 17.4. The maximum absolute atomic E-state index is 6.36. The summed E-state index contributed by atoms with van der Waals surface area (Å²) in [6.45, 7) is 4.54. The monoisotopic (exact) mass is 481 g/mol. The number of ether oxygens (including phenoxy) is 6. The first kappa shape index (κ1) is 20.7. The van der Waals surface area contributed by atoms with Crippen molar-refractivity contribution in [2.75, 3.05) is 47.2 Å². The maximum atomic E-state index is 6.36. The summed E-state index contributed by atoms with van der Waals surface area (Å²) in [6.07, 6.45) is 0. The van der Waals surface area contributed by atoms with Gasteiger partial charge in [-0.25, -0.2) is 0 Å². The van der Waals surface area contributed by atoms with E-state index in [1.54, 1.807) is 48.2 Å². The molecular formula is C21H23NO6S3. The Hall–Kier alpha value is -2.14. The third-order valence-electron chi connectivity index (χ3n) is 5.30. The Kier molecular flexibility index (Phi) is 5.41. The van der Waals surface area contributed by atoms with Gasteiger partial charge >= 0.3 is 0 Å². The standard InChI is InChI=1S/C21H23NO6S3/c1-21(8-22)9-27-15-16(28-10-21)20(18-14-12(7-30-18)25-4-5-26-14)31-19(15)17-13(24-3)11(23-2)6-29-17/h6-7H,4-5,8-10,22H2,1-3H3. The summed E-state index contributed by atoms with van der Waals surface area (Å²) < 4.78 is 35.6. The highest BCUT2D eigenvalue weighted by atomic mass is 32.1. The van der Waals surface area contributed by atoms with E-state index in [1.807, 2.05) is 10.8 Å². The van der Waals surface area contributed by atoms with E-state index in [1.165, 1.54) is 0 Å². The molecule has 0 bridgehead atoms. The van der Waals surface area contributed by atoms with Gasteiger partial charge in [0.15, 0.2) is 34.5 Å². The van der Waals surface area contributed by atoms with Crippen LogP contribution in [0.3, 0.4) is 0 Å². The summed E-state index contributed by atoms with van der Waals surface area (Å²) in [6, 6.07) is 0. The van der Waals surface area contributed by atoms with E-state index in [2.05, 4.69) is 6.92 Å². The molecule has 10 heteroatoms. The SMILES string of the molecule is COc1csc(-c2sc(-c3scc4c3OCCO4)c3c2OCC(C)(CN)CO3)c1OC. The van der Waals surface area contributed by atoms with Gasteiger partial charge in [0, 0.05) is 22.7 Å². The van der Waals surface area contributed by atoms with Gasteiger partial charge in [-0.1, -0.05) is 6.92 Å². The Bertz CT molecular complexity index is 1040. The molecule has 0 fully saturated rings. The average molecular weight is 482 g/mol. The largest absolute Gasteiger partial charge is 0.492 e. The lowest BCUT2D eigenvalue weighted by Gasteiger charge is -2.24. The van der Waals surface area contributed by atoms with Crippen LogP contribution >= 0.6 is 34.0 Å². The van der Waals surface area contributed by atoms with E-state index in [0.717, 1.165) is 31.0 Å².